The maximum Gasteiger partial charge on any atom is 0.272 e. The highest BCUT2D eigenvalue weighted by Gasteiger charge is 2.29. The summed E-state index contributed by atoms with van der Waals surface area (Å²) in [7, 11) is 3.86. The molecule has 0 N–H and O–H groups in total. The van der Waals surface area contributed by atoms with Crippen LogP contribution in [0.1, 0.15) is 28.4 Å². The van der Waals surface area contributed by atoms with Gasteiger partial charge in [0.25, 0.3) is 5.91 Å². The van der Waals surface area contributed by atoms with Crippen LogP contribution in [0.4, 0.5) is 5.82 Å². The number of pyridine rings is 1. The van der Waals surface area contributed by atoms with Gasteiger partial charge in [-0.2, -0.15) is 0 Å². The summed E-state index contributed by atoms with van der Waals surface area (Å²) in [6.45, 7) is 4.86. The summed E-state index contributed by atoms with van der Waals surface area (Å²) >= 11 is 0. The van der Waals surface area contributed by atoms with Crippen molar-refractivity contribution in [3.05, 3.63) is 41.6 Å². The van der Waals surface area contributed by atoms with Gasteiger partial charge < -0.3 is 14.5 Å². The summed E-state index contributed by atoms with van der Waals surface area (Å²) in [4.78, 5) is 29.2. The molecule has 7 nitrogen and oxygen atoms in total. The Kier molecular flexibility index (Phi) is 4.83. The SMILES string of the molecule is Cc1cc(C(=O)N2CC[C@@H](Oc3cccnc3N(C)C)C2)nc(C)n1. The van der Waals surface area contributed by atoms with E-state index in [0.29, 0.717) is 24.6 Å². The minimum absolute atomic E-state index is 0.0455. The molecule has 1 fully saturated rings. The topological polar surface area (TPSA) is 71.5 Å². The average Bonchev–Trinajstić information content (AvgIpc) is 3.02. The molecule has 0 bridgehead atoms. The van der Waals surface area contributed by atoms with Crippen molar-refractivity contribution >= 4 is 11.7 Å². The van der Waals surface area contributed by atoms with Crippen LogP contribution < -0.4 is 9.64 Å². The van der Waals surface area contributed by atoms with Gasteiger partial charge in [-0.3, -0.25) is 4.79 Å². The number of aromatic nitrogens is 3. The molecule has 2 aromatic rings. The Balaban J connectivity index is 1.69. The van der Waals surface area contributed by atoms with Crippen LogP contribution in [0.15, 0.2) is 24.4 Å². The Morgan fingerprint density at radius 3 is 2.84 bits per heavy atom. The molecule has 1 amide bonds. The van der Waals surface area contributed by atoms with Gasteiger partial charge in [0.2, 0.25) is 0 Å². The van der Waals surface area contributed by atoms with E-state index < -0.39 is 0 Å². The van der Waals surface area contributed by atoms with Gasteiger partial charge in [-0.1, -0.05) is 0 Å². The molecule has 1 saturated heterocycles. The minimum Gasteiger partial charge on any atom is -0.485 e. The largest absolute Gasteiger partial charge is 0.485 e. The first-order valence-corrected chi connectivity index (χ1v) is 8.34. The quantitative estimate of drug-likeness (QED) is 0.845. The van der Waals surface area contributed by atoms with Crippen molar-refractivity contribution in [1.82, 2.24) is 19.9 Å². The molecule has 0 spiro atoms. The molecular weight excluding hydrogens is 318 g/mol. The highest BCUT2D eigenvalue weighted by Crippen LogP contribution is 2.27. The van der Waals surface area contributed by atoms with Crippen molar-refractivity contribution in [1.29, 1.82) is 0 Å². The van der Waals surface area contributed by atoms with Crippen LogP contribution >= 0.6 is 0 Å². The maximum absolute atomic E-state index is 12.7. The number of carbonyl (C=O) groups excluding carboxylic acids is 1. The van der Waals surface area contributed by atoms with E-state index in [9.17, 15) is 4.79 Å². The second kappa shape index (κ2) is 7.04. The summed E-state index contributed by atoms with van der Waals surface area (Å²) in [5.41, 5.74) is 1.25. The molecule has 25 heavy (non-hydrogen) atoms. The summed E-state index contributed by atoms with van der Waals surface area (Å²) in [5, 5.41) is 0. The fourth-order valence-electron chi connectivity index (χ4n) is 2.99. The highest BCUT2D eigenvalue weighted by molar-refractivity contribution is 5.92. The normalized spacial score (nSPS) is 16.8. The molecule has 0 aliphatic carbocycles. The molecule has 3 heterocycles. The number of aryl methyl sites for hydroxylation is 2. The lowest BCUT2D eigenvalue weighted by Crippen LogP contribution is -2.32. The predicted molar refractivity (Wildman–Crippen MR) is 95.0 cm³/mol. The number of nitrogens with zero attached hydrogens (tertiary/aromatic N) is 5. The number of amides is 1. The Morgan fingerprint density at radius 1 is 1.32 bits per heavy atom. The third-order valence-corrected chi connectivity index (χ3v) is 4.09. The summed E-state index contributed by atoms with van der Waals surface area (Å²) in [6.07, 6.45) is 2.49. The van der Waals surface area contributed by atoms with Gasteiger partial charge in [-0.15, -0.1) is 0 Å². The third kappa shape index (κ3) is 3.87. The van der Waals surface area contributed by atoms with E-state index in [-0.39, 0.29) is 12.0 Å². The molecular formula is C18H23N5O2. The Labute approximate surface area is 147 Å². The van der Waals surface area contributed by atoms with Crippen LogP contribution in [0.5, 0.6) is 5.75 Å². The number of carbonyl (C=O) groups is 1. The van der Waals surface area contributed by atoms with Crippen LogP contribution in [0, 0.1) is 13.8 Å². The van der Waals surface area contributed by atoms with E-state index >= 15 is 0 Å². The van der Waals surface area contributed by atoms with Gasteiger partial charge in [0, 0.05) is 39.0 Å². The van der Waals surface area contributed by atoms with Gasteiger partial charge >= 0.3 is 0 Å². The van der Waals surface area contributed by atoms with E-state index in [0.717, 1.165) is 23.7 Å². The van der Waals surface area contributed by atoms with Crippen LogP contribution in [-0.4, -0.2) is 59.0 Å². The van der Waals surface area contributed by atoms with Gasteiger partial charge in [0.05, 0.1) is 6.54 Å². The molecule has 3 rings (SSSR count). The average molecular weight is 341 g/mol. The van der Waals surface area contributed by atoms with E-state index in [1.807, 2.05) is 38.1 Å². The smallest absolute Gasteiger partial charge is 0.272 e. The molecule has 1 aliphatic rings. The molecule has 0 unspecified atom stereocenters. The number of likely N-dealkylation sites (tertiary alicyclic amines) is 1. The molecule has 7 heteroatoms. The maximum atomic E-state index is 12.7. The van der Waals surface area contributed by atoms with Crippen molar-refractivity contribution < 1.29 is 9.53 Å². The molecule has 0 saturated carbocycles. The van der Waals surface area contributed by atoms with Gasteiger partial charge in [0.1, 0.15) is 17.6 Å². The highest BCUT2D eigenvalue weighted by atomic mass is 16.5. The standard InChI is InChI=1S/C18H23N5O2/c1-12-10-15(21-13(2)20-12)18(24)23-9-7-14(11-23)25-16-6-5-8-19-17(16)22(3)4/h5-6,8,10,14H,7,9,11H2,1-4H3/t14-/m1/s1. The van der Waals surface area contributed by atoms with Crippen LogP contribution in [0.25, 0.3) is 0 Å². The number of hydrogen-bond acceptors (Lipinski definition) is 6. The number of anilines is 1. The van der Waals surface area contributed by atoms with Crippen molar-refractivity contribution in [2.45, 2.75) is 26.4 Å². The van der Waals surface area contributed by atoms with Crippen molar-refractivity contribution in [2.24, 2.45) is 0 Å². The van der Waals surface area contributed by atoms with E-state index in [1.54, 1.807) is 24.1 Å². The number of rotatable bonds is 4. The zero-order valence-electron chi connectivity index (χ0n) is 15.1. The second-order valence-corrected chi connectivity index (χ2v) is 6.44. The lowest BCUT2D eigenvalue weighted by Gasteiger charge is -2.20. The lowest BCUT2D eigenvalue weighted by molar-refractivity contribution is 0.0766. The van der Waals surface area contributed by atoms with Gasteiger partial charge in [-0.05, 0) is 32.0 Å². The lowest BCUT2D eigenvalue weighted by atomic mass is 10.3. The molecule has 1 atom stereocenters. The van der Waals surface area contributed by atoms with E-state index in [2.05, 4.69) is 15.0 Å². The first-order valence-electron chi connectivity index (χ1n) is 8.34. The van der Waals surface area contributed by atoms with Crippen molar-refractivity contribution in [2.75, 3.05) is 32.1 Å². The fraction of sp³-hybridized carbons (Fsp3) is 0.444. The zero-order chi connectivity index (χ0) is 18.0. The number of ether oxygens (including phenoxy) is 1. The van der Waals surface area contributed by atoms with Gasteiger partial charge in [-0.25, -0.2) is 15.0 Å². The summed E-state index contributed by atoms with van der Waals surface area (Å²) < 4.78 is 6.10. The summed E-state index contributed by atoms with van der Waals surface area (Å²) in [5.74, 6) is 2.06. The molecule has 1 aliphatic heterocycles. The minimum atomic E-state index is -0.0706. The first kappa shape index (κ1) is 17.1. The number of hydrogen-bond donors (Lipinski definition) is 0. The van der Waals surface area contributed by atoms with Crippen molar-refractivity contribution in [3.8, 4) is 5.75 Å². The molecule has 2 aromatic heterocycles. The third-order valence-electron chi connectivity index (χ3n) is 4.09. The monoisotopic (exact) mass is 341 g/mol. The second-order valence-electron chi connectivity index (χ2n) is 6.44. The van der Waals surface area contributed by atoms with Crippen LogP contribution in [-0.2, 0) is 0 Å². The Morgan fingerprint density at radius 2 is 2.12 bits per heavy atom. The fourth-order valence-corrected chi connectivity index (χ4v) is 2.99. The van der Waals surface area contributed by atoms with Crippen LogP contribution in [0.3, 0.4) is 0 Å². The molecule has 0 radical (unpaired) electrons. The Hall–Kier alpha value is -2.70. The van der Waals surface area contributed by atoms with Gasteiger partial charge in [0.15, 0.2) is 11.6 Å². The molecule has 0 aromatic carbocycles. The summed E-state index contributed by atoms with van der Waals surface area (Å²) in [6, 6.07) is 5.49. The van der Waals surface area contributed by atoms with Crippen molar-refractivity contribution in [3.63, 3.8) is 0 Å². The Bertz CT molecular complexity index is 758. The van der Waals surface area contributed by atoms with E-state index in [4.69, 9.17) is 4.74 Å². The first-order chi connectivity index (χ1) is 11.9. The van der Waals surface area contributed by atoms with E-state index in [1.165, 1.54) is 0 Å². The zero-order valence-corrected chi connectivity index (χ0v) is 15.1. The molecule has 132 valence electrons. The van der Waals surface area contributed by atoms with Crippen LogP contribution in [0.2, 0.25) is 0 Å². The predicted octanol–water partition coefficient (Wildman–Crippen LogP) is 1.85.